The predicted molar refractivity (Wildman–Crippen MR) is 101 cm³/mol. The molecule has 1 aliphatic rings. The van der Waals surface area contributed by atoms with Gasteiger partial charge in [0, 0.05) is 18.7 Å². The van der Waals surface area contributed by atoms with Crippen LogP contribution in [0.4, 0.5) is 10.5 Å². The number of benzene rings is 2. The quantitative estimate of drug-likeness (QED) is 0.709. The number of halogens is 1. The van der Waals surface area contributed by atoms with Crippen LogP contribution in [0.2, 0.25) is 5.02 Å². The molecule has 0 bridgehead atoms. The van der Waals surface area contributed by atoms with E-state index in [-0.39, 0.29) is 12.5 Å². The van der Waals surface area contributed by atoms with E-state index >= 15 is 0 Å². The fourth-order valence-electron chi connectivity index (χ4n) is 2.92. The molecule has 3 rings (SSSR count). The van der Waals surface area contributed by atoms with Crippen LogP contribution in [0.1, 0.15) is 28.4 Å². The molecule has 1 atom stereocenters. The number of hydrogen-bond acceptors (Lipinski definition) is 3. The van der Waals surface area contributed by atoms with Crippen molar-refractivity contribution in [3.63, 3.8) is 0 Å². The first-order valence-electron chi connectivity index (χ1n) is 8.38. The van der Waals surface area contributed by atoms with Crippen molar-refractivity contribution in [1.82, 2.24) is 10.6 Å². The Kier molecular flexibility index (Phi) is 5.61. The Morgan fingerprint density at radius 2 is 1.96 bits per heavy atom. The minimum absolute atomic E-state index is 0.245. The highest BCUT2D eigenvalue weighted by atomic mass is 35.5. The van der Waals surface area contributed by atoms with Gasteiger partial charge in [0.15, 0.2) is 0 Å². The normalized spacial score (nSPS) is 14.6. The Hall–Kier alpha value is -3.06. The van der Waals surface area contributed by atoms with E-state index in [0.717, 1.165) is 0 Å². The summed E-state index contributed by atoms with van der Waals surface area (Å²) < 4.78 is 0. The maximum absolute atomic E-state index is 12.7. The number of hydrogen-bond donors (Lipinski definition) is 3. The third-order valence-electron chi connectivity index (χ3n) is 4.24. The number of nitrogens with one attached hydrogen (secondary N) is 2. The van der Waals surface area contributed by atoms with Crippen LogP contribution in [0.15, 0.2) is 48.5 Å². The van der Waals surface area contributed by atoms with Crippen LogP contribution in [-0.4, -0.2) is 36.1 Å². The second-order valence-electron chi connectivity index (χ2n) is 6.08. The van der Waals surface area contributed by atoms with Crippen LogP contribution in [0.25, 0.3) is 0 Å². The van der Waals surface area contributed by atoms with Crippen molar-refractivity contribution in [3.8, 4) is 0 Å². The average Bonchev–Trinajstić information content (AvgIpc) is 3.07. The van der Waals surface area contributed by atoms with Gasteiger partial charge < -0.3 is 15.7 Å². The van der Waals surface area contributed by atoms with Gasteiger partial charge in [-0.2, -0.15) is 0 Å². The zero-order valence-electron chi connectivity index (χ0n) is 14.3. The molecule has 1 unspecified atom stereocenters. The van der Waals surface area contributed by atoms with Gasteiger partial charge in [-0.3, -0.25) is 14.5 Å². The molecule has 3 amide bonds. The van der Waals surface area contributed by atoms with Gasteiger partial charge >= 0.3 is 12.0 Å². The van der Waals surface area contributed by atoms with E-state index in [0.29, 0.717) is 34.9 Å². The molecule has 3 N–H and O–H groups in total. The molecule has 0 radical (unpaired) electrons. The minimum atomic E-state index is -1.02. The van der Waals surface area contributed by atoms with Crippen molar-refractivity contribution in [2.45, 2.75) is 12.5 Å². The number of carbonyl (C=O) groups is 3. The van der Waals surface area contributed by atoms with Gasteiger partial charge in [0.25, 0.3) is 5.91 Å². The van der Waals surface area contributed by atoms with E-state index in [9.17, 15) is 14.4 Å². The van der Waals surface area contributed by atoms with Crippen molar-refractivity contribution in [3.05, 3.63) is 64.7 Å². The summed E-state index contributed by atoms with van der Waals surface area (Å²) in [5.41, 5.74) is 1.43. The van der Waals surface area contributed by atoms with Crippen molar-refractivity contribution in [1.29, 1.82) is 0 Å². The zero-order valence-corrected chi connectivity index (χ0v) is 15.1. The highest BCUT2D eigenvalue weighted by Gasteiger charge is 2.25. The number of anilines is 1. The van der Waals surface area contributed by atoms with Gasteiger partial charge in [-0.15, -0.1) is 0 Å². The SMILES string of the molecule is O=C(O)CC(NC(=O)c1ccc(Cl)c(N2CCNC2=O)c1)c1ccccc1. The molecule has 8 heteroatoms. The van der Waals surface area contributed by atoms with Gasteiger partial charge in [0.1, 0.15) is 0 Å². The molecular formula is C19H18ClN3O4. The van der Waals surface area contributed by atoms with Gasteiger partial charge in [0.2, 0.25) is 0 Å². The smallest absolute Gasteiger partial charge is 0.322 e. The average molecular weight is 388 g/mol. The Bertz CT molecular complexity index is 873. The summed E-state index contributed by atoms with van der Waals surface area (Å²) in [5, 5.41) is 14.9. The van der Waals surface area contributed by atoms with E-state index in [1.54, 1.807) is 30.3 Å². The van der Waals surface area contributed by atoms with Crippen LogP contribution in [0.5, 0.6) is 0 Å². The maximum atomic E-state index is 12.7. The van der Waals surface area contributed by atoms with Gasteiger partial charge in [-0.25, -0.2) is 4.79 Å². The number of carbonyl (C=O) groups excluding carboxylic acids is 2. The van der Waals surface area contributed by atoms with Crippen LogP contribution >= 0.6 is 11.6 Å². The van der Waals surface area contributed by atoms with Crippen LogP contribution in [-0.2, 0) is 4.79 Å². The molecule has 140 valence electrons. The number of urea groups is 1. The molecule has 2 aromatic rings. The summed E-state index contributed by atoms with van der Waals surface area (Å²) in [6.07, 6.45) is -0.245. The molecule has 1 saturated heterocycles. The molecule has 27 heavy (non-hydrogen) atoms. The Balaban J connectivity index is 1.84. The molecule has 0 saturated carbocycles. The largest absolute Gasteiger partial charge is 0.481 e. The maximum Gasteiger partial charge on any atom is 0.322 e. The second-order valence-corrected chi connectivity index (χ2v) is 6.49. The topological polar surface area (TPSA) is 98.7 Å². The second kappa shape index (κ2) is 8.09. The highest BCUT2D eigenvalue weighted by Crippen LogP contribution is 2.28. The van der Waals surface area contributed by atoms with Crippen molar-refractivity contribution in [2.24, 2.45) is 0 Å². The third kappa shape index (κ3) is 4.38. The fourth-order valence-corrected chi connectivity index (χ4v) is 3.14. The third-order valence-corrected chi connectivity index (χ3v) is 4.56. The van der Waals surface area contributed by atoms with Crippen molar-refractivity contribution < 1.29 is 19.5 Å². The zero-order chi connectivity index (χ0) is 19.4. The summed E-state index contributed by atoms with van der Waals surface area (Å²) in [4.78, 5) is 37.2. The number of aliphatic carboxylic acids is 1. The minimum Gasteiger partial charge on any atom is -0.481 e. The molecular weight excluding hydrogens is 370 g/mol. The van der Waals surface area contributed by atoms with Crippen molar-refractivity contribution >= 4 is 35.2 Å². The van der Waals surface area contributed by atoms with Crippen molar-refractivity contribution in [2.75, 3.05) is 18.0 Å². The number of carboxylic acid groups (broad SMARTS) is 1. The molecule has 1 fully saturated rings. The lowest BCUT2D eigenvalue weighted by atomic mass is 10.0. The van der Waals surface area contributed by atoms with E-state index < -0.39 is 17.9 Å². The van der Waals surface area contributed by atoms with E-state index in [4.69, 9.17) is 16.7 Å². The first-order valence-corrected chi connectivity index (χ1v) is 8.76. The highest BCUT2D eigenvalue weighted by molar-refractivity contribution is 6.34. The first kappa shape index (κ1) is 18.7. The molecule has 0 spiro atoms. The number of rotatable bonds is 6. The molecule has 0 aromatic heterocycles. The monoisotopic (exact) mass is 387 g/mol. The standard InChI is InChI=1S/C19H18ClN3O4/c20-14-7-6-13(10-16(14)23-9-8-21-19(23)27)18(26)22-15(11-17(24)25)12-4-2-1-3-5-12/h1-7,10,15H,8-9,11H2,(H,21,27)(H,22,26)(H,24,25). The lowest BCUT2D eigenvalue weighted by Crippen LogP contribution is -2.31. The molecule has 1 heterocycles. The van der Waals surface area contributed by atoms with Crippen LogP contribution in [0, 0.1) is 0 Å². The Labute approximate surface area is 160 Å². The Morgan fingerprint density at radius 3 is 2.59 bits per heavy atom. The van der Waals surface area contributed by atoms with E-state index in [2.05, 4.69) is 10.6 Å². The lowest BCUT2D eigenvalue weighted by Gasteiger charge is -2.19. The number of nitrogens with zero attached hydrogens (tertiary/aromatic N) is 1. The van der Waals surface area contributed by atoms with E-state index in [1.807, 2.05) is 6.07 Å². The predicted octanol–water partition coefficient (Wildman–Crippen LogP) is 2.82. The van der Waals surface area contributed by atoms with Gasteiger partial charge in [0.05, 0.1) is 23.2 Å². The lowest BCUT2D eigenvalue weighted by molar-refractivity contribution is -0.137. The Morgan fingerprint density at radius 1 is 1.22 bits per heavy atom. The number of carboxylic acids is 1. The molecule has 7 nitrogen and oxygen atoms in total. The summed E-state index contributed by atoms with van der Waals surface area (Å²) in [5.74, 6) is -1.46. The summed E-state index contributed by atoms with van der Waals surface area (Å²) in [7, 11) is 0. The number of amides is 3. The molecule has 2 aromatic carbocycles. The van der Waals surface area contributed by atoms with Gasteiger partial charge in [-0.1, -0.05) is 41.9 Å². The summed E-state index contributed by atoms with van der Waals surface area (Å²) >= 11 is 6.19. The summed E-state index contributed by atoms with van der Waals surface area (Å²) in [6, 6.07) is 12.6. The fraction of sp³-hybridized carbons (Fsp3) is 0.211. The van der Waals surface area contributed by atoms with E-state index in [1.165, 1.54) is 17.0 Å². The van der Waals surface area contributed by atoms with Crippen LogP contribution in [0.3, 0.4) is 0 Å². The summed E-state index contributed by atoms with van der Waals surface area (Å²) in [6.45, 7) is 0.954. The molecule has 0 aliphatic carbocycles. The molecule has 1 aliphatic heterocycles. The first-order chi connectivity index (χ1) is 13.0. The van der Waals surface area contributed by atoms with Crippen LogP contribution < -0.4 is 15.5 Å². The van der Waals surface area contributed by atoms with Gasteiger partial charge in [-0.05, 0) is 23.8 Å².